The molecule has 7 aromatic rings. The van der Waals surface area contributed by atoms with E-state index in [1.54, 1.807) is 0 Å². The Hall–Kier alpha value is -3.88. The van der Waals surface area contributed by atoms with Gasteiger partial charge in [0.2, 0.25) is 0 Å². The highest BCUT2D eigenvalue weighted by atomic mass is 32.1. The molecule has 1 aliphatic carbocycles. The van der Waals surface area contributed by atoms with Gasteiger partial charge in [0.1, 0.15) is 0 Å². The zero-order valence-corrected chi connectivity index (χ0v) is 18.0. The van der Waals surface area contributed by atoms with Crippen molar-refractivity contribution in [3.05, 3.63) is 103 Å². The fourth-order valence-corrected chi connectivity index (χ4v) is 6.88. The minimum absolute atomic E-state index is 1.27. The lowest BCUT2D eigenvalue weighted by Gasteiger charge is -2.12. The van der Waals surface area contributed by atoms with Crippen LogP contribution in [0.3, 0.4) is 0 Å². The van der Waals surface area contributed by atoms with Crippen molar-refractivity contribution in [2.24, 2.45) is 0 Å². The molecule has 0 atom stereocenters. The number of rotatable bonds is 1. The van der Waals surface area contributed by atoms with Gasteiger partial charge in [-0.15, -0.1) is 11.3 Å². The molecule has 0 N–H and O–H groups in total. The van der Waals surface area contributed by atoms with Crippen LogP contribution in [0.5, 0.6) is 0 Å². The predicted octanol–water partition coefficient (Wildman–Crippen LogP) is 8.80. The lowest BCUT2D eigenvalue weighted by molar-refractivity contribution is 1.16. The van der Waals surface area contributed by atoms with Crippen molar-refractivity contribution in [2.45, 2.75) is 0 Å². The van der Waals surface area contributed by atoms with Gasteiger partial charge < -0.3 is 4.57 Å². The molecule has 0 aliphatic heterocycles. The molecule has 0 amide bonds. The van der Waals surface area contributed by atoms with Gasteiger partial charge in [-0.1, -0.05) is 84.9 Å². The first kappa shape index (κ1) is 16.8. The van der Waals surface area contributed by atoms with Crippen molar-refractivity contribution < 1.29 is 0 Å². The summed E-state index contributed by atoms with van der Waals surface area (Å²) in [5.74, 6) is 0. The molecule has 0 radical (unpaired) electrons. The molecular formula is C30H17NS. The molecule has 1 aliphatic rings. The van der Waals surface area contributed by atoms with Crippen LogP contribution in [-0.2, 0) is 0 Å². The lowest BCUT2D eigenvalue weighted by Crippen LogP contribution is -1.96. The van der Waals surface area contributed by atoms with Gasteiger partial charge in [0.15, 0.2) is 0 Å². The van der Waals surface area contributed by atoms with Crippen LogP contribution in [0.25, 0.3) is 69.9 Å². The van der Waals surface area contributed by atoms with Crippen LogP contribution >= 0.6 is 11.3 Å². The molecule has 2 aromatic heterocycles. The van der Waals surface area contributed by atoms with Crippen molar-refractivity contribution >= 4 is 53.2 Å². The van der Waals surface area contributed by atoms with Crippen LogP contribution in [0.15, 0.2) is 103 Å². The van der Waals surface area contributed by atoms with Crippen molar-refractivity contribution in [1.82, 2.24) is 4.57 Å². The van der Waals surface area contributed by atoms with Crippen molar-refractivity contribution in [1.29, 1.82) is 0 Å². The molecular weight excluding hydrogens is 406 g/mol. The van der Waals surface area contributed by atoms with E-state index >= 15 is 0 Å². The SMILES string of the molecule is c1cc2c3c(cccc3c1)-c1c-2c2ccccc2n1-c1cccc2c1sc1ccccc12. The van der Waals surface area contributed by atoms with Crippen LogP contribution in [0, 0.1) is 0 Å². The van der Waals surface area contributed by atoms with E-state index < -0.39 is 0 Å². The van der Waals surface area contributed by atoms with E-state index in [0.29, 0.717) is 0 Å². The first-order valence-corrected chi connectivity index (χ1v) is 11.8. The number of hydrogen-bond donors (Lipinski definition) is 0. The van der Waals surface area contributed by atoms with Crippen LogP contribution < -0.4 is 0 Å². The fourth-order valence-electron chi connectivity index (χ4n) is 5.67. The number of aromatic nitrogens is 1. The first-order valence-electron chi connectivity index (χ1n) is 11.0. The highest BCUT2D eigenvalue weighted by Gasteiger charge is 2.29. The second-order valence-electron chi connectivity index (χ2n) is 8.54. The van der Waals surface area contributed by atoms with E-state index in [1.165, 1.54) is 69.9 Å². The van der Waals surface area contributed by atoms with E-state index in [1.807, 2.05) is 11.3 Å². The Morgan fingerprint density at radius 1 is 0.562 bits per heavy atom. The number of fused-ring (bicyclic) bond motifs is 8. The second kappa shape index (κ2) is 5.87. The van der Waals surface area contributed by atoms with E-state index in [2.05, 4.69) is 108 Å². The summed E-state index contributed by atoms with van der Waals surface area (Å²) in [4.78, 5) is 0. The molecule has 1 nitrogen and oxygen atoms in total. The van der Waals surface area contributed by atoms with E-state index in [4.69, 9.17) is 0 Å². The molecule has 148 valence electrons. The summed E-state index contributed by atoms with van der Waals surface area (Å²) in [6.45, 7) is 0. The maximum absolute atomic E-state index is 2.51. The van der Waals surface area contributed by atoms with Crippen molar-refractivity contribution in [3.63, 3.8) is 0 Å². The molecule has 0 bridgehead atoms. The molecule has 2 heteroatoms. The number of nitrogens with zero attached hydrogens (tertiary/aromatic N) is 1. The van der Waals surface area contributed by atoms with Crippen molar-refractivity contribution in [3.8, 4) is 28.1 Å². The Morgan fingerprint density at radius 2 is 1.28 bits per heavy atom. The molecule has 32 heavy (non-hydrogen) atoms. The quantitative estimate of drug-likeness (QED) is 0.249. The molecule has 8 rings (SSSR count). The van der Waals surface area contributed by atoms with Crippen molar-refractivity contribution in [2.75, 3.05) is 0 Å². The maximum Gasteiger partial charge on any atom is 0.0641 e. The van der Waals surface area contributed by atoms with Gasteiger partial charge in [-0.2, -0.15) is 0 Å². The summed E-state index contributed by atoms with van der Waals surface area (Å²) in [5, 5.41) is 6.69. The summed E-state index contributed by atoms with van der Waals surface area (Å²) < 4.78 is 5.20. The Kier molecular flexibility index (Phi) is 3.08. The Labute approximate surface area is 188 Å². The summed E-state index contributed by atoms with van der Waals surface area (Å²) in [6.07, 6.45) is 0. The molecule has 0 fully saturated rings. The molecule has 2 heterocycles. The van der Waals surface area contributed by atoms with Gasteiger partial charge in [-0.05, 0) is 34.5 Å². The topological polar surface area (TPSA) is 4.93 Å². The van der Waals surface area contributed by atoms with E-state index in [9.17, 15) is 0 Å². The highest BCUT2D eigenvalue weighted by molar-refractivity contribution is 7.26. The minimum atomic E-state index is 1.27. The summed E-state index contributed by atoms with van der Waals surface area (Å²) in [7, 11) is 0. The second-order valence-corrected chi connectivity index (χ2v) is 9.59. The summed E-state index contributed by atoms with van der Waals surface area (Å²) in [5.41, 5.74) is 7.92. The standard InChI is InChI=1S/C30H17NS/c1-3-15-24-21(11-1)28-22-13-5-8-18-9-6-14-23(27(18)22)29(28)31(24)25-16-7-12-20-19-10-2-4-17-26(19)32-30(20)25/h1-17H. The summed E-state index contributed by atoms with van der Waals surface area (Å²) >= 11 is 1.90. The largest absolute Gasteiger partial charge is 0.307 e. The van der Waals surface area contributed by atoms with Crippen LogP contribution in [0.1, 0.15) is 0 Å². The average molecular weight is 424 g/mol. The highest BCUT2D eigenvalue weighted by Crippen LogP contribution is 2.53. The van der Waals surface area contributed by atoms with Crippen LogP contribution in [0.2, 0.25) is 0 Å². The Bertz CT molecular complexity index is 1880. The molecule has 0 spiro atoms. The monoisotopic (exact) mass is 423 g/mol. The molecule has 0 unspecified atom stereocenters. The van der Waals surface area contributed by atoms with Gasteiger partial charge in [-0.25, -0.2) is 0 Å². The lowest BCUT2D eigenvalue weighted by atomic mass is 10.0. The molecule has 0 saturated carbocycles. The minimum Gasteiger partial charge on any atom is -0.307 e. The number of thiophene rings is 1. The third-order valence-electron chi connectivity index (χ3n) is 6.93. The average Bonchev–Trinajstić information content (AvgIpc) is 3.49. The van der Waals surface area contributed by atoms with Crippen LogP contribution in [0.4, 0.5) is 0 Å². The molecule has 0 saturated heterocycles. The zero-order valence-electron chi connectivity index (χ0n) is 17.2. The third kappa shape index (κ3) is 1.94. The van der Waals surface area contributed by atoms with E-state index in [0.717, 1.165) is 0 Å². The smallest absolute Gasteiger partial charge is 0.0641 e. The van der Waals surface area contributed by atoms with Gasteiger partial charge in [0.05, 0.1) is 21.6 Å². The summed E-state index contributed by atoms with van der Waals surface area (Å²) in [6, 6.07) is 37.8. The number of para-hydroxylation sites is 1. The normalized spacial score (nSPS) is 12.4. The van der Waals surface area contributed by atoms with Gasteiger partial charge >= 0.3 is 0 Å². The number of benzene rings is 5. The Morgan fingerprint density at radius 3 is 2.19 bits per heavy atom. The Balaban J connectivity index is 1.60. The first-order chi connectivity index (χ1) is 15.9. The predicted molar refractivity (Wildman–Crippen MR) is 138 cm³/mol. The van der Waals surface area contributed by atoms with Gasteiger partial charge in [0, 0.05) is 32.0 Å². The van der Waals surface area contributed by atoms with Gasteiger partial charge in [0.25, 0.3) is 0 Å². The van der Waals surface area contributed by atoms with E-state index in [-0.39, 0.29) is 0 Å². The van der Waals surface area contributed by atoms with Crippen LogP contribution in [-0.4, -0.2) is 4.57 Å². The fraction of sp³-hybridized carbons (Fsp3) is 0. The maximum atomic E-state index is 2.51. The zero-order chi connectivity index (χ0) is 20.8. The van der Waals surface area contributed by atoms with Gasteiger partial charge in [-0.3, -0.25) is 0 Å². The molecule has 5 aromatic carbocycles. The number of hydrogen-bond acceptors (Lipinski definition) is 1. The third-order valence-corrected chi connectivity index (χ3v) is 8.14.